The molecule has 1 fully saturated rings. The van der Waals surface area contributed by atoms with Crippen LogP contribution in [0.2, 0.25) is 0 Å². The second-order valence-electron chi connectivity index (χ2n) is 7.18. The molecule has 0 radical (unpaired) electrons. The Hall–Kier alpha value is -3.15. The zero-order valence-electron chi connectivity index (χ0n) is 16.1. The number of hydrogen-bond acceptors (Lipinski definition) is 4. The van der Waals surface area contributed by atoms with Crippen LogP contribution in [0, 0.1) is 5.92 Å². The fourth-order valence-corrected chi connectivity index (χ4v) is 3.12. The van der Waals surface area contributed by atoms with Gasteiger partial charge in [-0.3, -0.25) is 9.59 Å². The largest absolute Gasteiger partial charge is 0.459 e. The summed E-state index contributed by atoms with van der Waals surface area (Å²) in [6.07, 6.45) is 0.0166. The molecule has 1 saturated heterocycles. The van der Waals surface area contributed by atoms with Crippen LogP contribution in [0.5, 0.6) is 0 Å². The fourth-order valence-electron chi connectivity index (χ4n) is 3.12. The molecule has 0 spiro atoms. The lowest BCUT2D eigenvalue weighted by Crippen LogP contribution is -2.28. The number of rotatable bonds is 6. The highest BCUT2D eigenvalue weighted by Gasteiger charge is 2.34. The van der Waals surface area contributed by atoms with Crippen molar-refractivity contribution in [2.45, 2.75) is 32.9 Å². The van der Waals surface area contributed by atoms with Crippen molar-refractivity contribution >= 4 is 23.5 Å². The number of likely N-dealkylation sites (tertiary alicyclic amines) is 1. The van der Waals surface area contributed by atoms with Crippen molar-refractivity contribution in [1.82, 2.24) is 4.90 Å². The van der Waals surface area contributed by atoms with Crippen LogP contribution in [0.15, 0.2) is 54.6 Å². The van der Waals surface area contributed by atoms with Gasteiger partial charge in [0.25, 0.3) is 0 Å². The average Bonchev–Trinajstić information content (AvgIpc) is 3.03. The number of anilines is 1. The molecule has 1 aliphatic heterocycles. The van der Waals surface area contributed by atoms with Crippen molar-refractivity contribution < 1.29 is 19.1 Å². The minimum Gasteiger partial charge on any atom is -0.459 e. The second kappa shape index (κ2) is 8.69. The van der Waals surface area contributed by atoms with Crippen molar-refractivity contribution in [3.05, 3.63) is 65.7 Å². The number of amides is 2. The Morgan fingerprint density at radius 1 is 1.11 bits per heavy atom. The van der Waals surface area contributed by atoms with Crippen LogP contribution in [0.3, 0.4) is 0 Å². The summed E-state index contributed by atoms with van der Waals surface area (Å²) in [5.41, 5.74) is 2.05. The molecule has 0 saturated carbocycles. The van der Waals surface area contributed by atoms with Crippen LogP contribution in [-0.2, 0) is 20.9 Å². The Labute approximate surface area is 164 Å². The number of carbonyl (C=O) groups excluding carboxylic acids is 3. The highest BCUT2D eigenvalue weighted by molar-refractivity contribution is 5.97. The molecule has 6 heteroatoms. The van der Waals surface area contributed by atoms with Crippen molar-refractivity contribution in [2.75, 3.05) is 11.9 Å². The maximum atomic E-state index is 12.5. The molecule has 6 nitrogen and oxygen atoms in total. The number of nitrogens with zero attached hydrogens (tertiary/aromatic N) is 1. The van der Waals surface area contributed by atoms with Crippen LogP contribution in [-0.4, -0.2) is 35.3 Å². The molecule has 1 N–H and O–H groups in total. The summed E-state index contributed by atoms with van der Waals surface area (Å²) in [5.74, 6) is -0.996. The third-order valence-corrected chi connectivity index (χ3v) is 4.53. The normalized spacial score (nSPS) is 16.3. The van der Waals surface area contributed by atoms with E-state index < -0.39 is 5.97 Å². The summed E-state index contributed by atoms with van der Waals surface area (Å²) >= 11 is 0. The van der Waals surface area contributed by atoms with E-state index in [4.69, 9.17) is 4.74 Å². The molecule has 0 unspecified atom stereocenters. The smallest absolute Gasteiger partial charge is 0.338 e. The summed E-state index contributed by atoms with van der Waals surface area (Å²) in [6.45, 7) is 4.49. The van der Waals surface area contributed by atoms with Gasteiger partial charge in [0.2, 0.25) is 11.8 Å². The van der Waals surface area contributed by atoms with Crippen molar-refractivity contribution in [3.8, 4) is 0 Å². The van der Waals surface area contributed by atoms with Gasteiger partial charge in [-0.15, -0.1) is 0 Å². The molecule has 0 aromatic heterocycles. The van der Waals surface area contributed by atoms with E-state index in [-0.39, 0.29) is 30.3 Å². The summed E-state index contributed by atoms with van der Waals surface area (Å²) in [4.78, 5) is 38.4. The summed E-state index contributed by atoms with van der Waals surface area (Å²) in [5, 5.41) is 2.83. The van der Waals surface area contributed by atoms with Gasteiger partial charge in [0.15, 0.2) is 0 Å². The molecule has 0 bridgehead atoms. The molecule has 2 aromatic rings. The standard InChI is InChI=1S/C22H24N2O4/c1-15(2)28-22(27)17-8-10-19(11-9-17)23-21(26)18-12-20(25)24(14-18)13-16-6-4-3-5-7-16/h3-11,15,18H,12-14H2,1-2H3,(H,23,26)/t18-/m1/s1. The van der Waals surface area contributed by atoms with E-state index in [0.717, 1.165) is 5.56 Å². The first-order chi connectivity index (χ1) is 13.4. The van der Waals surface area contributed by atoms with E-state index >= 15 is 0 Å². The fraction of sp³-hybridized carbons (Fsp3) is 0.318. The number of nitrogens with one attached hydrogen (secondary N) is 1. The van der Waals surface area contributed by atoms with Gasteiger partial charge in [-0.2, -0.15) is 0 Å². The van der Waals surface area contributed by atoms with Gasteiger partial charge < -0.3 is 15.0 Å². The lowest BCUT2D eigenvalue weighted by atomic mass is 10.1. The van der Waals surface area contributed by atoms with E-state index in [9.17, 15) is 14.4 Å². The third-order valence-electron chi connectivity index (χ3n) is 4.53. The quantitative estimate of drug-likeness (QED) is 0.781. The lowest BCUT2D eigenvalue weighted by molar-refractivity contribution is -0.128. The van der Waals surface area contributed by atoms with Gasteiger partial charge in [0, 0.05) is 25.2 Å². The van der Waals surface area contributed by atoms with E-state index in [1.54, 1.807) is 43.0 Å². The molecule has 3 rings (SSSR count). The maximum Gasteiger partial charge on any atom is 0.338 e. The molecule has 0 aliphatic carbocycles. The van der Waals surface area contributed by atoms with Gasteiger partial charge >= 0.3 is 5.97 Å². The minimum atomic E-state index is -0.397. The molecular formula is C22H24N2O4. The van der Waals surface area contributed by atoms with Gasteiger partial charge in [-0.1, -0.05) is 30.3 Å². The molecular weight excluding hydrogens is 356 g/mol. The first-order valence-corrected chi connectivity index (χ1v) is 9.36. The molecule has 1 heterocycles. The van der Waals surface area contributed by atoms with Crippen molar-refractivity contribution in [2.24, 2.45) is 5.92 Å². The Morgan fingerprint density at radius 2 is 1.79 bits per heavy atom. The zero-order valence-corrected chi connectivity index (χ0v) is 16.1. The monoisotopic (exact) mass is 380 g/mol. The van der Waals surface area contributed by atoms with E-state index in [1.165, 1.54) is 0 Å². The molecule has 2 aromatic carbocycles. The molecule has 2 amide bonds. The maximum absolute atomic E-state index is 12.5. The van der Waals surface area contributed by atoms with E-state index in [1.807, 2.05) is 30.3 Å². The molecule has 1 aliphatic rings. The minimum absolute atomic E-state index is 0.0178. The van der Waals surface area contributed by atoms with Crippen LogP contribution in [0.4, 0.5) is 5.69 Å². The van der Waals surface area contributed by atoms with Crippen LogP contribution < -0.4 is 5.32 Å². The zero-order chi connectivity index (χ0) is 20.1. The number of benzene rings is 2. The summed E-state index contributed by atoms with van der Waals surface area (Å²) in [6, 6.07) is 16.3. The molecule has 28 heavy (non-hydrogen) atoms. The first-order valence-electron chi connectivity index (χ1n) is 9.36. The summed E-state index contributed by atoms with van der Waals surface area (Å²) < 4.78 is 5.14. The molecule has 1 atom stereocenters. The number of carbonyl (C=O) groups is 3. The van der Waals surface area contributed by atoms with Gasteiger partial charge in [-0.25, -0.2) is 4.79 Å². The Bertz CT molecular complexity index is 847. The predicted molar refractivity (Wildman–Crippen MR) is 106 cm³/mol. The average molecular weight is 380 g/mol. The second-order valence-corrected chi connectivity index (χ2v) is 7.18. The van der Waals surface area contributed by atoms with Crippen LogP contribution in [0.25, 0.3) is 0 Å². The van der Waals surface area contributed by atoms with Crippen LogP contribution >= 0.6 is 0 Å². The van der Waals surface area contributed by atoms with Crippen LogP contribution in [0.1, 0.15) is 36.2 Å². The van der Waals surface area contributed by atoms with E-state index in [2.05, 4.69) is 5.32 Å². The van der Waals surface area contributed by atoms with Gasteiger partial charge in [0.1, 0.15) is 0 Å². The Balaban J connectivity index is 1.56. The molecule has 146 valence electrons. The van der Waals surface area contributed by atoms with Crippen molar-refractivity contribution in [3.63, 3.8) is 0 Å². The number of esters is 1. The number of hydrogen-bond donors (Lipinski definition) is 1. The highest BCUT2D eigenvalue weighted by atomic mass is 16.5. The lowest BCUT2D eigenvalue weighted by Gasteiger charge is -2.16. The predicted octanol–water partition coefficient (Wildman–Crippen LogP) is 3.24. The first kappa shape index (κ1) is 19.6. The SMILES string of the molecule is CC(C)OC(=O)c1ccc(NC(=O)[C@@H]2CC(=O)N(Cc3ccccc3)C2)cc1. The topological polar surface area (TPSA) is 75.7 Å². The van der Waals surface area contributed by atoms with E-state index in [0.29, 0.717) is 24.3 Å². The summed E-state index contributed by atoms with van der Waals surface area (Å²) in [7, 11) is 0. The third kappa shape index (κ3) is 4.97. The Morgan fingerprint density at radius 3 is 2.43 bits per heavy atom. The van der Waals surface area contributed by atoms with Gasteiger partial charge in [0.05, 0.1) is 17.6 Å². The highest BCUT2D eigenvalue weighted by Crippen LogP contribution is 2.22. The van der Waals surface area contributed by atoms with Crippen molar-refractivity contribution in [1.29, 1.82) is 0 Å². The van der Waals surface area contributed by atoms with Gasteiger partial charge in [-0.05, 0) is 43.7 Å². The Kier molecular flexibility index (Phi) is 6.09. The number of ether oxygens (including phenoxy) is 1.